The number of nitrogens with one attached hydrogen (secondary N) is 2. The number of imide groups is 1. The normalized spacial score (nSPS) is 17.2. The van der Waals surface area contributed by atoms with Crippen molar-refractivity contribution in [2.24, 2.45) is 5.92 Å². The third-order valence-corrected chi connectivity index (χ3v) is 6.82. The van der Waals surface area contributed by atoms with Crippen LogP contribution in [-0.4, -0.2) is 68.3 Å². The summed E-state index contributed by atoms with van der Waals surface area (Å²) in [5.74, 6) is -0.875. The number of carbonyl (C=O) groups excluding carboxylic acids is 2. The Morgan fingerprint density at radius 2 is 1.79 bits per heavy atom. The Hall–Kier alpha value is -1.75. The molecule has 0 bridgehead atoms. The van der Waals surface area contributed by atoms with Gasteiger partial charge in [0.2, 0.25) is 15.9 Å². The third-order valence-electron chi connectivity index (χ3n) is 4.64. The van der Waals surface area contributed by atoms with Crippen LogP contribution in [0.3, 0.4) is 0 Å². The highest BCUT2D eigenvalue weighted by molar-refractivity contribution is 7.89. The predicted octanol–water partition coefficient (Wildman–Crippen LogP) is 1.66. The Morgan fingerprint density at radius 3 is 2.34 bits per heavy atom. The highest BCUT2D eigenvalue weighted by atomic mass is 35.5. The minimum absolute atomic E-state index is 0.0787. The molecule has 2 N–H and O–H groups in total. The monoisotopic (exact) mass is 448 g/mol. The van der Waals surface area contributed by atoms with Crippen LogP contribution in [0.25, 0.3) is 0 Å². The van der Waals surface area contributed by atoms with Crippen molar-refractivity contribution in [3.05, 3.63) is 29.0 Å². The summed E-state index contributed by atoms with van der Waals surface area (Å²) < 4.78 is 40.0. The molecule has 11 heteroatoms. The molecule has 0 aromatic heterocycles. The maximum Gasteiger partial charge on any atom is 0.321 e. The van der Waals surface area contributed by atoms with Crippen molar-refractivity contribution in [2.45, 2.75) is 31.7 Å². The summed E-state index contributed by atoms with van der Waals surface area (Å²) in [5, 5.41) is 4.65. The first-order valence-corrected chi connectivity index (χ1v) is 11.1. The van der Waals surface area contributed by atoms with E-state index in [-0.39, 0.29) is 28.9 Å². The molecule has 1 aromatic carbocycles. The second-order valence-electron chi connectivity index (χ2n) is 7.29. The number of nitrogens with zero attached hydrogens (tertiary/aromatic N) is 2. The fourth-order valence-electron chi connectivity index (χ4n) is 2.84. The van der Waals surface area contributed by atoms with Crippen LogP contribution in [0.4, 0.5) is 9.18 Å². The maximum absolute atomic E-state index is 13.3. The lowest BCUT2D eigenvalue weighted by Crippen LogP contribution is -2.56. The molecule has 0 saturated carbocycles. The molecule has 3 amide bonds. The van der Waals surface area contributed by atoms with Crippen molar-refractivity contribution in [1.82, 2.24) is 19.8 Å². The van der Waals surface area contributed by atoms with Gasteiger partial charge in [0.1, 0.15) is 5.82 Å². The van der Waals surface area contributed by atoms with Crippen LogP contribution < -0.4 is 10.6 Å². The zero-order valence-electron chi connectivity index (χ0n) is 16.6. The Labute approximate surface area is 175 Å². The fourth-order valence-corrected chi connectivity index (χ4v) is 4.53. The summed E-state index contributed by atoms with van der Waals surface area (Å²) in [6.07, 6.45) is 0. The second kappa shape index (κ2) is 9.84. The number of rotatable bonds is 6. The van der Waals surface area contributed by atoms with Crippen LogP contribution >= 0.6 is 11.6 Å². The first-order chi connectivity index (χ1) is 13.5. The topological polar surface area (TPSA) is 98.8 Å². The number of hydrogen-bond donors (Lipinski definition) is 2. The molecule has 1 aromatic rings. The highest BCUT2D eigenvalue weighted by Crippen LogP contribution is 2.23. The van der Waals surface area contributed by atoms with Crippen molar-refractivity contribution in [3.8, 4) is 0 Å². The quantitative estimate of drug-likeness (QED) is 0.689. The van der Waals surface area contributed by atoms with E-state index < -0.39 is 33.8 Å². The lowest BCUT2D eigenvalue weighted by molar-refractivity contribution is -0.125. The van der Waals surface area contributed by atoms with E-state index in [1.54, 1.807) is 11.8 Å². The Morgan fingerprint density at radius 1 is 1.17 bits per heavy atom. The molecule has 162 valence electrons. The van der Waals surface area contributed by atoms with Crippen LogP contribution in [0.1, 0.15) is 20.8 Å². The molecule has 1 saturated heterocycles. The van der Waals surface area contributed by atoms with Crippen LogP contribution in [0.15, 0.2) is 23.1 Å². The molecular formula is C18H26ClFN4O4S. The third kappa shape index (κ3) is 6.11. The minimum Gasteiger partial charge on any atom is -0.338 e. The van der Waals surface area contributed by atoms with E-state index in [0.29, 0.717) is 19.6 Å². The zero-order valence-corrected chi connectivity index (χ0v) is 18.2. The number of carbonyl (C=O) groups is 2. The number of hydrogen-bond acceptors (Lipinski definition) is 5. The summed E-state index contributed by atoms with van der Waals surface area (Å²) in [4.78, 5) is 25.7. The second-order valence-corrected chi connectivity index (χ2v) is 9.63. The minimum atomic E-state index is -3.81. The molecule has 2 rings (SSSR count). The van der Waals surface area contributed by atoms with Gasteiger partial charge in [0.15, 0.2) is 0 Å². The first-order valence-electron chi connectivity index (χ1n) is 9.30. The largest absolute Gasteiger partial charge is 0.338 e. The molecule has 1 aliphatic heterocycles. The van der Waals surface area contributed by atoms with E-state index in [2.05, 4.69) is 10.6 Å². The lowest BCUT2D eigenvalue weighted by atomic mass is 10.2. The Bertz CT molecular complexity index is 857. The Balaban J connectivity index is 1.92. The number of piperazine rings is 1. The number of benzene rings is 1. The first kappa shape index (κ1) is 23.5. The van der Waals surface area contributed by atoms with Gasteiger partial charge in [-0.2, -0.15) is 4.31 Å². The predicted molar refractivity (Wildman–Crippen MR) is 108 cm³/mol. The summed E-state index contributed by atoms with van der Waals surface area (Å²) >= 11 is 5.70. The zero-order chi connectivity index (χ0) is 21.8. The van der Waals surface area contributed by atoms with E-state index in [1.807, 2.05) is 13.8 Å². The molecule has 0 radical (unpaired) electrons. The van der Waals surface area contributed by atoms with Crippen LogP contribution in [-0.2, 0) is 14.8 Å². The van der Waals surface area contributed by atoms with E-state index in [1.165, 1.54) is 10.4 Å². The fraction of sp³-hybridized carbons (Fsp3) is 0.556. The van der Waals surface area contributed by atoms with Crippen LogP contribution in [0, 0.1) is 11.7 Å². The summed E-state index contributed by atoms with van der Waals surface area (Å²) in [6, 6.07) is 2.14. The van der Waals surface area contributed by atoms with Gasteiger partial charge in [-0.05, 0) is 31.0 Å². The van der Waals surface area contributed by atoms with Crippen molar-refractivity contribution in [2.75, 3.05) is 32.7 Å². The average Bonchev–Trinajstić information content (AvgIpc) is 2.67. The molecule has 1 atom stereocenters. The molecule has 1 fully saturated rings. The molecule has 29 heavy (non-hydrogen) atoms. The molecule has 8 nitrogen and oxygen atoms in total. The number of urea groups is 1. The van der Waals surface area contributed by atoms with E-state index >= 15 is 0 Å². The van der Waals surface area contributed by atoms with Crippen LogP contribution in [0.2, 0.25) is 5.02 Å². The average molecular weight is 449 g/mol. The van der Waals surface area contributed by atoms with Crippen molar-refractivity contribution >= 4 is 33.6 Å². The van der Waals surface area contributed by atoms with Gasteiger partial charge in [0.25, 0.3) is 0 Å². The SMILES string of the molecule is CC(C)CNC(=O)NC(=O)C(C)N1CCN(S(=O)(=O)c2ccc(F)c(Cl)c2)CC1. The Kier molecular flexibility index (Phi) is 7.98. The summed E-state index contributed by atoms with van der Waals surface area (Å²) in [7, 11) is -3.81. The number of amides is 3. The van der Waals surface area contributed by atoms with Crippen molar-refractivity contribution < 1.29 is 22.4 Å². The van der Waals surface area contributed by atoms with Gasteiger partial charge < -0.3 is 5.32 Å². The van der Waals surface area contributed by atoms with E-state index in [4.69, 9.17) is 11.6 Å². The molecule has 1 heterocycles. The standard InChI is InChI=1S/C18H26ClFN4O4S/c1-12(2)11-21-18(26)22-17(25)13(3)23-6-8-24(9-7-23)29(27,28)14-4-5-16(20)15(19)10-14/h4-5,10,12-13H,6-9,11H2,1-3H3,(H2,21,22,25,26). The molecule has 0 spiro atoms. The van der Waals surface area contributed by atoms with Gasteiger partial charge in [-0.25, -0.2) is 17.6 Å². The summed E-state index contributed by atoms with van der Waals surface area (Å²) in [6.45, 7) is 6.96. The van der Waals surface area contributed by atoms with E-state index in [9.17, 15) is 22.4 Å². The summed E-state index contributed by atoms with van der Waals surface area (Å²) in [5.41, 5.74) is 0. The number of sulfonamides is 1. The molecule has 0 aliphatic carbocycles. The number of halogens is 2. The van der Waals surface area contributed by atoms with Gasteiger partial charge in [0, 0.05) is 32.7 Å². The van der Waals surface area contributed by atoms with Gasteiger partial charge in [-0.3, -0.25) is 15.0 Å². The van der Waals surface area contributed by atoms with Gasteiger partial charge in [-0.1, -0.05) is 25.4 Å². The highest BCUT2D eigenvalue weighted by Gasteiger charge is 2.32. The lowest BCUT2D eigenvalue weighted by Gasteiger charge is -2.36. The molecule has 1 aliphatic rings. The smallest absolute Gasteiger partial charge is 0.321 e. The van der Waals surface area contributed by atoms with Gasteiger partial charge >= 0.3 is 6.03 Å². The van der Waals surface area contributed by atoms with Crippen molar-refractivity contribution in [1.29, 1.82) is 0 Å². The van der Waals surface area contributed by atoms with Crippen LogP contribution in [0.5, 0.6) is 0 Å². The van der Waals surface area contributed by atoms with Crippen molar-refractivity contribution in [3.63, 3.8) is 0 Å². The van der Waals surface area contributed by atoms with Gasteiger partial charge in [0.05, 0.1) is 16.0 Å². The van der Waals surface area contributed by atoms with E-state index in [0.717, 1.165) is 12.1 Å². The maximum atomic E-state index is 13.3. The molecule has 1 unspecified atom stereocenters. The molecular weight excluding hydrogens is 423 g/mol. The van der Waals surface area contributed by atoms with Gasteiger partial charge in [-0.15, -0.1) is 0 Å².